The van der Waals surface area contributed by atoms with Gasteiger partial charge in [-0.25, -0.2) is 0 Å². The van der Waals surface area contributed by atoms with Crippen molar-refractivity contribution in [2.75, 3.05) is 19.0 Å². The average Bonchev–Trinajstić information content (AvgIpc) is 2.70. The van der Waals surface area contributed by atoms with E-state index in [4.69, 9.17) is 21.6 Å². The second kappa shape index (κ2) is 9.20. The Bertz CT molecular complexity index is 1010. The fourth-order valence-corrected chi connectivity index (χ4v) is 3.20. The number of nitrogens with zero attached hydrogens (tertiary/aromatic N) is 3. The molecule has 3 aromatic rings. The molecule has 28 heavy (non-hydrogen) atoms. The van der Waals surface area contributed by atoms with Crippen LogP contribution >= 0.6 is 11.6 Å². The van der Waals surface area contributed by atoms with E-state index in [2.05, 4.69) is 27.4 Å². The third-order valence-electron chi connectivity index (χ3n) is 4.30. The van der Waals surface area contributed by atoms with Crippen LogP contribution in [0.5, 0.6) is 6.01 Å². The Hall–Kier alpha value is -3.10. The number of halogens is 1. The summed E-state index contributed by atoms with van der Waals surface area (Å²) < 4.78 is 5.26. The third-order valence-corrected chi connectivity index (χ3v) is 4.66. The zero-order valence-electron chi connectivity index (χ0n) is 15.9. The normalized spacial score (nSPS) is 10.4. The van der Waals surface area contributed by atoms with Gasteiger partial charge in [-0.05, 0) is 42.2 Å². The SMILES string of the molecule is COc1nc(NCCc2ccc(C)cc2Cl)cc(-c2cccc(CC#N)c2)n1. The van der Waals surface area contributed by atoms with Gasteiger partial charge in [-0.3, -0.25) is 0 Å². The molecule has 5 nitrogen and oxygen atoms in total. The molecule has 0 aliphatic heterocycles. The van der Waals surface area contributed by atoms with Gasteiger partial charge >= 0.3 is 6.01 Å². The number of benzene rings is 2. The lowest BCUT2D eigenvalue weighted by molar-refractivity contribution is 0.381. The van der Waals surface area contributed by atoms with E-state index >= 15 is 0 Å². The van der Waals surface area contributed by atoms with Crippen LogP contribution in [0.25, 0.3) is 11.3 Å². The summed E-state index contributed by atoms with van der Waals surface area (Å²) in [5.74, 6) is 0.677. The number of aromatic nitrogens is 2. The van der Waals surface area contributed by atoms with E-state index < -0.39 is 0 Å². The summed E-state index contributed by atoms with van der Waals surface area (Å²) in [5.41, 5.74) is 4.83. The van der Waals surface area contributed by atoms with Gasteiger partial charge in [0, 0.05) is 23.2 Å². The molecule has 0 saturated heterocycles. The van der Waals surface area contributed by atoms with Crippen LogP contribution in [0.4, 0.5) is 5.82 Å². The van der Waals surface area contributed by atoms with E-state index in [0.29, 0.717) is 24.8 Å². The van der Waals surface area contributed by atoms with Crippen LogP contribution in [0, 0.1) is 18.3 Å². The van der Waals surface area contributed by atoms with E-state index in [1.165, 1.54) is 0 Å². The molecule has 2 aromatic carbocycles. The molecule has 0 radical (unpaired) electrons. The van der Waals surface area contributed by atoms with Gasteiger partial charge in [0.05, 0.1) is 25.3 Å². The Morgan fingerprint density at radius 3 is 2.75 bits per heavy atom. The fraction of sp³-hybridized carbons (Fsp3) is 0.227. The zero-order chi connectivity index (χ0) is 19.9. The quantitative estimate of drug-likeness (QED) is 0.623. The number of anilines is 1. The van der Waals surface area contributed by atoms with Gasteiger partial charge in [0.15, 0.2) is 0 Å². The Morgan fingerprint density at radius 2 is 2.00 bits per heavy atom. The Morgan fingerprint density at radius 1 is 1.14 bits per heavy atom. The number of rotatable bonds is 7. The highest BCUT2D eigenvalue weighted by molar-refractivity contribution is 6.31. The van der Waals surface area contributed by atoms with E-state index in [1.54, 1.807) is 7.11 Å². The fourth-order valence-electron chi connectivity index (χ4n) is 2.87. The Kier molecular flexibility index (Phi) is 6.46. The van der Waals surface area contributed by atoms with Crippen molar-refractivity contribution in [3.05, 3.63) is 70.2 Å². The number of hydrogen-bond acceptors (Lipinski definition) is 5. The maximum absolute atomic E-state index is 8.92. The molecule has 0 amide bonds. The molecule has 0 bridgehead atoms. The summed E-state index contributed by atoms with van der Waals surface area (Å²) in [7, 11) is 1.54. The Labute approximate surface area is 170 Å². The van der Waals surface area contributed by atoms with Crippen LogP contribution in [0.2, 0.25) is 5.02 Å². The number of nitrogens with one attached hydrogen (secondary N) is 1. The van der Waals surface area contributed by atoms with Crippen LogP contribution in [-0.2, 0) is 12.8 Å². The van der Waals surface area contributed by atoms with Crippen molar-refractivity contribution < 1.29 is 4.74 Å². The largest absolute Gasteiger partial charge is 0.467 e. The highest BCUT2D eigenvalue weighted by Gasteiger charge is 2.08. The number of hydrogen-bond donors (Lipinski definition) is 1. The van der Waals surface area contributed by atoms with Crippen molar-refractivity contribution in [3.63, 3.8) is 0 Å². The minimum atomic E-state index is 0.291. The Balaban J connectivity index is 1.77. The first-order valence-electron chi connectivity index (χ1n) is 8.97. The standard InChI is InChI=1S/C22H21ClN4O/c1-15-6-7-17(19(23)12-15)9-11-25-21-14-20(26-22(27-21)28-2)18-5-3-4-16(13-18)8-10-24/h3-7,12-14H,8-9,11H2,1-2H3,(H,25,26,27). The molecular weight excluding hydrogens is 372 g/mol. The van der Waals surface area contributed by atoms with E-state index in [1.807, 2.05) is 49.4 Å². The number of ether oxygens (including phenoxy) is 1. The predicted octanol–water partition coefficient (Wildman–Crippen LogP) is 4.83. The first-order valence-corrected chi connectivity index (χ1v) is 9.35. The minimum absolute atomic E-state index is 0.291. The predicted molar refractivity (Wildman–Crippen MR) is 112 cm³/mol. The minimum Gasteiger partial charge on any atom is -0.467 e. The van der Waals surface area contributed by atoms with E-state index in [0.717, 1.165) is 39.4 Å². The van der Waals surface area contributed by atoms with Crippen LogP contribution in [-0.4, -0.2) is 23.6 Å². The van der Waals surface area contributed by atoms with Crippen LogP contribution in [0.3, 0.4) is 0 Å². The molecule has 0 fully saturated rings. The van der Waals surface area contributed by atoms with Crippen molar-refractivity contribution >= 4 is 17.4 Å². The lowest BCUT2D eigenvalue weighted by Crippen LogP contribution is -2.08. The smallest absolute Gasteiger partial charge is 0.318 e. The van der Waals surface area contributed by atoms with Crippen LogP contribution in [0.1, 0.15) is 16.7 Å². The van der Waals surface area contributed by atoms with E-state index in [9.17, 15) is 0 Å². The van der Waals surface area contributed by atoms with Gasteiger partial charge in [-0.2, -0.15) is 15.2 Å². The lowest BCUT2D eigenvalue weighted by Gasteiger charge is -2.11. The number of methoxy groups -OCH3 is 1. The van der Waals surface area contributed by atoms with Gasteiger partial charge in [0.25, 0.3) is 0 Å². The zero-order valence-corrected chi connectivity index (χ0v) is 16.6. The number of nitriles is 1. The molecule has 0 atom stereocenters. The van der Waals surface area contributed by atoms with Gasteiger partial charge in [-0.1, -0.05) is 41.9 Å². The van der Waals surface area contributed by atoms with Gasteiger partial charge in [0.2, 0.25) is 0 Å². The second-order valence-corrected chi connectivity index (χ2v) is 6.84. The maximum atomic E-state index is 8.92. The molecule has 3 rings (SSSR count). The van der Waals surface area contributed by atoms with Crippen LogP contribution < -0.4 is 10.1 Å². The van der Waals surface area contributed by atoms with Crippen molar-refractivity contribution in [2.45, 2.75) is 19.8 Å². The average molecular weight is 393 g/mol. The molecule has 0 unspecified atom stereocenters. The molecule has 0 saturated carbocycles. The lowest BCUT2D eigenvalue weighted by atomic mass is 10.1. The van der Waals surface area contributed by atoms with Gasteiger partial charge in [0.1, 0.15) is 5.82 Å². The summed E-state index contributed by atoms with van der Waals surface area (Å²) >= 11 is 6.31. The molecular formula is C22H21ClN4O. The summed E-state index contributed by atoms with van der Waals surface area (Å²) in [4.78, 5) is 8.81. The molecule has 0 spiro atoms. The molecule has 1 heterocycles. The summed E-state index contributed by atoms with van der Waals surface area (Å²) in [6.07, 6.45) is 1.14. The molecule has 0 aliphatic carbocycles. The molecule has 0 aliphatic rings. The molecule has 1 N–H and O–H groups in total. The highest BCUT2D eigenvalue weighted by Crippen LogP contribution is 2.24. The molecule has 6 heteroatoms. The molecule has 142 valence electrons. The summed E-state index contributed by atoms with van der Waals surface area (Å²) in [6.45, 7) is 2.70. The highest BCUT2D eigenvalue weighted by atomic mass is 35.5. The third kappa shape index (κ3) is 4.99. The monoisotopic (exact) mass is 392 g/mol. The first-order chi connectivity index (χ1) is 13.6. The van der Waals surface area contributed by atoms with Gasteiger partial charge < -0.3 is 10.1 Å². The summed E-state index contributed by atoms with van der Waals surface area (Å²) in [5, 5.41) is 13.0. The van der Waals surface area contributed by atoms with Gasteiger partial charge in [-0.15, -0.1) is 0 Å². The second-order valence-electron chi connectivity index (χ2n) is 6.43. The van der Waals surface area contributed by atoms with Crippen molar-refractivity contribution in [3.8, 4) is 23.3 Å². The van der Waals surface area contributed by atoms with Crippen LogP contribution in [0.15, 0.2) is 48.5 Å². The number of aryl methyl sites for hydroxylation is 1. The maximum Gasteiger partial charge on any atom is 0.318 e. The van der Waals surface area contributed by atoms with Crippen molar-refractivity contribution in [2.24, 2.45) is 0 Å². The van der Waals surface area contributed by atoms with Crippen molar-refractivity contribution in [1.29, 1.82) is 5.26 Å². The summed E-state index contributed by atoms with van der Waals surface area (Å²) in [6, 6.07) is 18.2. The first kappa shape index (κ1) is 19.7. The van der Waals surface area contributed by atoms with Crippen molar-refractivity contribution in [1.82, 2.24) is 9.97 Å². The topological polar surface area (TPSA) is 70.8 Å². The molecule has 1 aromatic heterocycles. The van der Waals surface area contributed by atoms with E-state index in [-0.39, 0.29) is 0 Å².